The van der Waals surface area contributed by atoms with Gasteiger partial charge in [-0.2, -0.15) is 0 Å². The van der Waals surface area contributed by atoms with E-state index in [-0.39, 0.29) is 28.0 Å². The largest absolute Gasteiger partial charge is 0.490 e. The molecular weight excluding hydrogens is 458 g/mol. The van der Waals surface area contributed by atoms with Gasteiger partial charge in [0.1, 0.15) is 11.5 Å². The second-order valence-electron chi connectivity index (χ2n) is 7.70. The zero-order chi connectivity index (χ0) is 23.6. The molecule has 1 amide bonds. The van der Waals surface area contributed by atoms with Crippen LogP contribution in [0.2, 0.25) is 0 Å². The van der Waals surface area contributed by atoms with E-state index in [9.17, 15) is 13.2 Å². The minimum Gasteiger partial charge on any atom is -0.490 e. The van der Waals surface area contributed by atoms with Crippen LogP contribution in [0.3, 0.4) is 0 Å². The lowest BCUT2D eigenvalue weighted by Gasteiger charge is -2.24. The number of rotatable bonds is 8. The number of amides is 1. The van der Waals surface area contributed by atoms with Gasteiger partial charge in [0.15, 0.2) is 11.5 Å². The first-order valence-electron chi connectivity index (χ1n) is 10.6. The number of sulfone groups is 1. The fraction of sp³-hybridized carbons (Fsp3) is 0.240. The standard InChI is InChI=1S/C25H25NO5S2/c1-4-12-31-20-11-8-17(13-21(20)30-5-2)19-14-23(27)26-24-22(15-32-25(19)24)33(28,29)18-9-6-16(3)7-10-18/h4,6-11,13,15,19H,1,5,12,14H2,2-3H3,(H,26,27)/t19-/m0/s1. The van der Waals surface area contributed by atoms with Gasteiger partial charge in [0.05, 0.1) is 17.2 Å². The van der Waals surface area contributed by atoms with Crippen LogP contribution in [0.15, 0.2) is 70.3 Å². The third-order valence-corrected chi connectivity index (χ3v) is 8.44. The van der Waals surface area contributed by atoms with E-state index in [1.807, 2.05) is 32.0 Å². The summed E-state index contributed by atoms with van der Waals surface area (Å²) in [4.78, 5) is 13.8. The molecule has 0 unspecified atom stereocenters. The van der Waals surface area contributed by atoms with Crippen molar-refractivity contribution in [2.45, 2.75) is 36.0 Å². The van der Waals surface area contributed by atoms with Crippen LogP contribution in [0.25, 0.3) is 0 Å². The number of hydrogen-bond donors (Lipinski definition) is 1. The van der Waals surface area contributed by atoms with Crippen LogP contribution in [-0.2, 0) is 14.6 Å². The molecule has 0 aliphatic carbocycles. The van der Waals surface area contributed by atoms with Crippen LogP contribution in [0.1, 0.15) is 35.3 Å². The highest BCUT2D eigenvalue weighted by molar-refractivity contribution is 7.91. The summed E-state index contributed by atoms with van der Waals surface area (Å²) >= 11 is 1.34. The molecule has 6 nitrogen and oxygen atoms in total. The number of hydrogen-bond acceptors (Lipinski definition) is 6. The number of anilines is 1. The Balaban J connectivity index is 1.76. The normalized spacial score (nSPS) is 15.5. The first-order valence-corrected chi connectivity index (χ1v) is 12.9. The van der Waals surface area contributed by atoms with Crippen LogP contribution >= 0.6 is 11.3 Å². The highest BCUT2D eigenvalue weighted by atomic mass is 32.2. The van der Waals surface area contributed by atoms with E-state index in [0.717, 1.165) is 16.0 Å². The number of benzene rings is 2. The van der Waals surface area contributed by atoms with E-state index >= 15 is 0 Å². The minimum atomic E-state index is -3.78. The SMILES string of the molecule is C=CCOc1ccc([C@@H]2CC(=O)Nc3c(S(=O)(=O)c4ccc(C)cc4)csc32)cc1OCC. The summed E-state index contributed by atoms with van der Waals surface area (Å²) in [5.74, 6) is 0.660. The van der Waals surface area contributed by atoms with E-state index < -0.39 is 9.84 Å². The molecule has 4 rings (SSSR count). The van der Waals surface area contributed by atoms with Crippen LogP contribution < -0.4 is 14.8 Å². The van der Waals surface area contributed by atoms with Crippen molar-refractivity contribution in [2.75, 3.05) is 18.5 Å². The molecule has 0 bridgehead atoms. The molecule has 1 aromatic heterocycles. The minimum absolute atomic E-state index is 0.125. The Hall–Kier alpha value is -3.10. The summed E-state index contributed by atoms with van der Waals surface area (Å²) < 4.78 is 38.1. The van der Waals surface area contributed by atoms with E-state index in [1.54, 1.807) is 35.7 Å². The maximum absolute atomic E-state index is 13.3. The third-order valence-electron chi connectivity index (χ3n) is 5.40. The van der Waals surface area contributed by atoms with Gasteiger partial charge in [-0.25, -0.2) is 8.42 Å². The number of aryl methyl sites for hydroxylation is 1. The van der Waals surface area contributed by atoms with Crippen molar-refractivity contribution >= 4 is 32.8 Å². The Morgan fingerprint density at radius 3 is 2.61 bits per heavy atom. The molecule has 0 radical (unpaired) electrons. The second kappa shape index (κ2) is 9.41. The Morgan fingerprint density at radius 2 is 1.91 bits per heavy atom. The highest BCUT2D eigenvalue weighted by Crippen LogP contribution is 2.47. The number of nitrogens with one attached hydrogen (secondary N) is 1. The maximum atomic E-state index is 13.3. The second-order valence-corrected chi connectivity index (χ2v) is 10.5. The highest BCUT2D eigenvalue weighted by Gasteiger charge is 2.34. The van der Waals surface area contributed by atoms with Crippen molar-refractivity contribution in [3.05, 3.63) is 76.5 Å². The molecule has 0 saturated heterocycles. The van der Waals surface area contributed by atoms with E-state index in [0.29, 0.717) is 30.4 Å². The van der Waals surface area contributed by atoms with Gasteiger partial charge in [-0.1, -0.05) is 36.4 Å². The fourth-order valence-electron chi connectivity index (χ4n) is 3.79. The van der Waals surface area contributed by atoms with Gasteiger partial charge in [-0.15, -0.1) is 11.3 Å². The molecule has 0 spiro atoms. The molecule has 1 atom stereocenters. The van der Waals surface area contributed by atoms with Gasteiger partial charge in [0.25, 0.3) is 0 Å². The predicted octanol–water partition coefficient (Wildman–Crippen LogP) is 5.33. The number of fused-ring (bicyclic) bond motifs is 1. The Morgan fingerprint density at radius 1 is 1.15 bits per heavy atom. The average Bonchev–Trinajstić information content (AvgIpc) is 3.23. The van der Waals surface area contributed by atoms with Crippen molar-refractivity contribution < 1.29 is 22.7 Å². The lowest BCUT2D eigenvalue weighted by molar-refractivity contribution is -0.116. The molecule has 2 aromatic carbocycles. The molecule has 0 saturated carbocycles. The van der Waals surface area contributed by atoms with Crippen LogP contribution in [0.4, 0.5) is 5.69 Å². The molecule has 0 fully saturated rings. The fourth-order valence-corrected chi connectivity index (χ4v) is 6.70. The van der Waals surface area contributed by atoms with Gasteiger partial charge in [0, 0.05) is 22.6 Å². The first kappa shape index (κ1) is 23.1. The van der Waals surface area contributed by atoms with Gasteiger partial charge in [-0.3, -0.25) is 4.79 Å². The monoisotopic (exact) mass is 483 g/mol. The number of carbonyl (C=O) groups excluding carboxylic acids is 1. The summed E-state index contributed by atoms with van der Waals surface area (Å²) in [6.45, 7) is 8.26. The van der Waals surface area contributed by atoms with Gasteiger partial charge >= 0.3 is 0 Å². The summed E-state index contributed by atoms with van der Waals surface area (Å²) in [6.07, 6.45) is 1.87. The van der Waals surface area contributed by atoms with Gasteiger partial charge < -0.3 is 14.8 Å². The molecule has 1 aliphatic rings. The van der Waals surface area contributed by atoms with E-state index in [2.05, 4.69) is 11.9 Å². The summed E-state index contributed by atoms with van der Waals surface area (Å²) in [5.41, 5.74) is 2.20. The summed E-state index contributed by atoms with van der Waals surface area (Å²) in [5, 5.41) is 4.41. The smallest absolute Gasteiger partial charge is 0.225 e. The molecule has 3 aromatic rings. The van der Waals surface area contributed by atoms with Crippen molar-refractivity contribution in [2.24, 2.45) is 0 Å². The lowest BCUT2D eigenvalue weighted by atomic mass is 9.90. The molecule has 8 heteroatoms. The van der Waals surface area contributed by atoms with Crippen LogP contribution in [0.5, 0.6) is 11.5 Å². The maximum Gasteiger partial charge on any atom is 0.225 e. The first-order chi connectivity index (χ1) is 15.8. The summed E-state index contributed by atoms with van der Waals surface area (Å²) in [6, 6.07) is 12.3. The average molecular weight is 484 g/mol. The van der Waals surface area contributed by atoms with Crippen molar-refractivity contribution in [1.29, 1.82) is 0 Å². The topological polar surface area (TPSA) is 81.7 Å². The summed E-state index contributed by atoms with van der Waals surface area (Å²) in [7, 11) is -3.78. The predicted molar refractivity (Wildman–Crippen MR) is 129 cm³/mol. The van der Waals surface area contributed by atoms with E-state index in [1.165, 1.54) is 11.3 Å². The van der Waals surface area contributed by atoms with Gasteiger partial charge in [0.2, 0.25) is 15.7 Å². The molecule has 1 N–H and O–H groups in total. The Labute approximate surface area is 197 Å². The van der Waals surface area contributed by atoms with Crippen molar-refractivity contribution in [1.82, 2.24) is 0 Å². The number of carbonyl (C=O) groups is 1. The van der Waals surface area contributed by atoms with E-state index in [4.69, 9.17) is 9.47 Å². The molecule has 33 heavy (non-hydrogen) atoms. The van der Waals surface area contributed by atoms with Crippen LogP contribution in [0, 0.1) is 6.92 Å². The Kier molecular flexibility index (Phi) is 6.58. The molecule has 2 heterocycles. The lowest BCUT2D eigenvalue weighted by Crippen LogP contribution is -2.23. The quantitative estimate of drug-likeness (QED) is 0.438. The molecule has 1 aliphatic heterocycles. The molecular formula is C25H25NO5S2. The Bertz CT molecular complexity index is 1290. The third kappa shape index (κ3) is 4.54. The number of thiophene rings is 1. The molecule has 172 valence electrons. The zero-order valence-corrected chi connectivity index (χ0v) is 20.1. The number of ether oxygens (including phenoxy) is 2. The van der Waals surface area contributed by atoms with Crippen molar-refractivity contribution in [3.63, 3.8) is 0 Å². The zero-order valence-electron chi connectivity index (χ0n) is 18.5. The van der Waals surface area contributed by atoms with Crippen molar-refractivity contribution in [3.8, 4) is 11.5 Å². The van der Waals surface area contributed by atoms with Gasteiger partial charge in [-0.05, 0) is 43.7 Å². The van der Waals surface area contributed by atoms with Crippen LogP contribution in [-0.4, -0.2) is 27.5 Å².